The number of non-ortho nitro benzene ring substituents is 1. The predicted octanol–water partition coefficient (Wildman–Crippen LogP) is 3.89. The number of nitro groups is 1. The molecule has 0 amide bonds. The van der Waals surface area contributed by atoms with Crippen LogP contribution < -0.4 is 10.0 Å². The third-order valence-electron chi connectivity index (χ3n) is 5.19. The number of nitrogens with zero attached hydrogens (tertiary/aromatic N) is 1. The summed E-state index contributed by atoms with van der Waals surface area (Å²) in [6, 6.07) is 16.0. The molecule has 0 saturated carbocycles. The summed E-state index contributed by atoms with van der Waals surface area (Å²) in [6.45, 7) is 3.71. The summed E-state index contributed by atoms with van der Waals surface area (Å²) in [5.74, 6) is -1.53. The van der Waals surface area contributed by atoms with Gasteiger partial charge in [-0.25, -0.2) is 8.42 Å². The summed E-state index contributed by atoms with van der Waals surface area (Å²) in [7, 11) is -4.24. The second kappa shape index (κ2) is 8.56. The number of fused-ring (bicyclic) bond motifs is 1. The Balaban J connectivity index is 1.88. The number of hydrogen-bond donors (Lipinski definition) is 2. The molecule has 34 heavy (non-hydrogen) atoms. The van der Waals surface area contributed by atoms with E-state index in [9.17, 15) is 28.1 Å². The van der Waals surface area contributed by atoms with Crippen LogP contribution in [0.15, 0.2) is 83.0 Å². The van der Waals surface area contributed by atoms with E-state index in [-0.39, 0.29) is 21.7 Å². The number of rotatable bonds is 6. The lowest BCUT2D eigenvalue weighted by Crippen LogP contribution is -2.36. The minimum absolute atomic E-state index is 0.0647. The maximum atomic E-state index is 13.4. The fourth-order valence-electron chi connectivity index (χ4n) is 3.73. The Kier molecular flexibility index (Phi) is 5.76. The zero-order chi connectivity index (χ0) is 24.6. The van der Waals surface area contributed by atoms with Crippen LogP contribution in [-0.2, 0) is 10.0 Å². The van der Waals surface area contributed by atoms with E-state index < -0.39 is 37.9 Å². The van der Waals surface area contributed by atoms with Gasteiger partial charge in [-0.2, -0.15) is 0 Å². The quantitative estimate of drug-likeness (QED) is 0.406. The van der Waals surface area contributed by atoms with E-state index in [0.29, 0.717) is 5.69 Å². The first kappa shape index (κ1) is 22.9. The van der Waals surface area contributed by atoms with E-state index in [1.54, 1.807) is 18.2 Å². The predicted molar refractivity (Wildman–Crippen MR) is 125 cm³/mol. The van der Waals surface area contributed by atoms with Crippen LogP contribution in [0.25, 0.3) is 0 Å². The SMILES string of the molecule is Cc1cc(C)cc(NC2=C(NS(=O)(=O)c3ccccc3)C(=O)c3cc([N+](=O)[O-])ccc3C2=O)c1. The fraction of sp³-hybridized carbons (Fsp3) is 0.0833. The molecule has 1 aliphatic rings. The van der Waals surface area contributed by atoms with Crippen molar-refractivity contribution in [3.63, 3.8) is 0 Å². The van der Waals surface area contributed by atoms with Crippen molar-refractivity contribution in [2.45, 2.75) is 18.7 Å². The summed E-state index contributed by atoms with van der Waals surface area (Å²) in [5.41, 5.74) is 0.768. The van der Waals surface area contributed by atoms with E-state index >= 15 is 0 Å². The first-order valence-corrected chi connectivity index (χ1v) is 11.6. The van der Waals surface area contributed by atoms with Gasteiger partial charge in [-0.15, -0.1) is 0 Å². The molecule has 0 spiro atoms. The molecule has 0 aliphatic heterocycles. The molecule has 9 nitrogen and oxygen atoms in total. The molecule has 3 aromatic rings. The molecule has 0 bridgehead atoms. The van der Waals surface area contributed by atoms with Crippen molar-refractivity contribution in [3.8, 4) is 0 Å². The lowest BCUT2D eigenvalue weighted by Gasteiger charge is -2.23. The molecule has 10 heteroatoms. The van der Waals surface area contributed by atoms with Crippen molar-refractivity contribution in [1.82, 2.24) is 4.72 Å². The Hall–Kier alpha value is -4.31. The normalized spacial score (nSPS) is 13.5. The van der Waals surface area contributed by atoms with Crippen molar-refractivity contribution in [3.05, 3.63) is 110 Å². The van der Waals surface area contributed by atoms with Crippen LogP contribution >= 0.6 is 0 Å². The number of aryl methyl sites for hydroxylation is 2. The molecule has 0 fully saturated rings. The Labute approximate surface area is 195 Å². The maximum Gasteiger partial charge on any atom is 0.270 e. The van der Waals surface area contributed by atoms with Gasteiger partial charge >= 0.3 is 0 Å². The molecule has 1 aliphatic carbocycles. The Morgan fingerprint density at radius 1 is 0.794 bits per heavy atom. The molecule has 4 rings (SSSR count). The number of carbonyl (C=O) groups excluding carboxylic acids is 2. The van der Waals surface area contributed by atoms with Gasteiger partial charge in [0.1, 0.15) is 11.4 Å². The zero-order valence-corrected chi connectivity index (χ0v) is 19.0. The van der Waals surface area contributed by atoms with Crippen LogP contribution in [0.2, 0.25) is 0 Å². The standard InChI is InChI=1S/C24H19N3O6S/c1-14-10-15(2)12-16(11-14)25-21-22(26-34(32,33)18-6-4-3-5-7-18)24(29)20-13-17(27(30)31)8-9-19(20)23(21)28/h3-13,25-26H,1-2H3. The van der Waals surface area contributed by atoms with Crippen LogP contribution in [0.4, 0.5) is 11.4 Å². The molecule has 172 valence electrons. The number of allylic oxidation sites excluding steroid dienone is 2. The molecule has 0 aromatic heterocycles. The lowest BCUT2D eigenvalue weighted by molar-refractivity contribution is -0.384. The second-order valence-electron chi connectivity index (χ2n) is 7.82. The van der Waals surface area contributed by atoms with Gasteiger partial charge in [0.25, 0.3) is 15.7 Å². The molecule has 0 radical (unpaired) electrons. The summed E-state index contributed by atoms with van der Waals surface area (Å²) in [4.78, 5) is 37.2. The van der Waals surface area contributed by atoms with Crippen LogP contribution in [0.3, 0.4) is 0 Å². The summed E-state index contributed by atoms with van der Waals surface area (Å²) < 4.78 is 28.2. The van der Waals surface area contributed by atoms with Gasteiger partial charge in [0.2, 0.25) is 11.6 Å². The Morgan fingerprint density at radius 3 is 2.03 bits per heavy atom. The van der Waals surface area contributed by atoms with E-state index in [1.165, 1.54) is 30.3 Å². The van der Waals surface area contributed by atoms with Gasteiger partial charge < -0.3 is 5.32 Å². The summed E-state index contributed by atoms with van der Waals surface area (Å²) in [6.07, 6.45) is 0. The van der Waals surface area contributed by atoms with Crippen molar-refractivity contribution < 1.29 is 22.9 Å². The zero-order valence-electron chi connectivity index (χ0n) is 18.2. The topological polar surface area (TPSA) is 135 Å². The number of ketones is 2. The molecule has 0 atom stereocenters. The van der Waals surface area contributed by atoms with E-state index in [2.05, 4.69) is 10.0 Å². The van der Waals surface area contributed by atoms with Crippen molar-refractivity contribution in [2.24, 2.45) is 0 Å². The molecule has 2 N–H and O–H groups in total. The average molecular weight is 477 g/mol. The number of benzene rings is 3. The van der Waals surface area contributed by atoms with Crippen molar-refractivity contribution in [2.75, 3.05) is 5.32 Å². The Morgan fingerprint density at radius 2 is 1.41 bits per heavy atom. The van der Waals surface area contributed by atoms with Crippen molar-refractivity contribution in [1.29, 1.82) is 0 Å². The minimum atomic E-state index is -4.24. The minimum Gasteiger partial charge on any atom is -0.350 e. The maximum absolute atomic E-state index is 13.4. The van der Waals surface area contributed by atoms with Crippen LogP contribution in [0, 0.1) is 24.0 Å². The van der Waals surface area contributed by atoms with Gasteiger partial charge in [0.05, 0.1) is 9.82 Å². The third kappa shape index (κ3) is 4.30. The fourth-order valence-corrected chi connectivity index (χ4v) is 4.83. The highest BCUT2D eigenvalue weighted by atomic mass is 32.2. The average Bonchev–Trinajstić information content (AvgIpc) is 2.79. The monoisotopic (exact) mass is 477 g/mol. The highest BCUT2D eigenvalue weighted by molar-refractivity contribution is 7.89. The molecular weight excluding hydrogens is 458 g/mol. The number of hydrogen-bond acceptors (Lipinski definition) is 7. The smallest absolute Gasteiger partial charge is 0.270 e. The number of sulfonamides is 1. The van der Waals surface area contributed by atoms with Gasteiger partial charge in [-0.3, -0.25) is 24.4 Å². The van der Waals surface area contributed by atoms with Gasteiger partial charge in [0.15, 0.2) is 0 Å². The third-order valence-corrected chi connectivity index (χ3v) is 6.55. The first-order valence-electron chi connectivity index (χ1n) is 10.1. The molecule has 0 saturated heterocycles. The summed E-state index contributed by atoms with van der Waals surface area (Å²) in [5, 5.41) is 14.1. The van der Waals surface area contributed by atoms with Crippen LogP contribution in [0.5, 0.6) is 0 Å². The van der Waals surface area contributed by atoms with E-state index in [0.717, 1.165) is 23.3 Å². The molecule has 3 aromatic carbocycles. The molecule has 0 unspecified atom stereocenters. The number of carbonyl (C=O) groups is 2. The number of anilines is 1. The van der Waals surface area contributed by atoms with E-state index in [4.69, 9.17) is 0 Å². The number of Topliss-reactive ketones (excluding diaryl/α,β-unsaturated/α-hetero) is 2. The van der Waals surface area contributed by atoms with Crippen LogP contribution in [0.1, 0.15) is 31.8 Å². The molecular formula is C24H19N3O6S. The molecule has 0 heterocycles. The van der Waals surface area contributed by atoms with Crippen LogP contribution in [-0.4, -0.2) is 24.9 Å². The largest absolute Gasteiger partial charge is 0.350 e. The highest BCUT2D eigenvalue weighted by Crippen LogP contribution is 2.30. The highest BCUT2D eigenvalue weighted by Gasteiger charge is 2.36. The van der Waals surface area contributed by atoms with E-state index in [1.807, 2.05) is 19.9 Å². The summed E-state index contributed by atoms with van der Waals surface area (Å²) >= 11 is 0. The first-order chi connectivity index (χ1) is 16.1. The van der Waals surface area contributed by atoms with Crippen molar-refractivity contribution >= 4 is 33.0 Å². The van der Waals surface area contributed by atoms with Gasteiger partial charge in [-0.05, 0) is 55.3 Å². The van der Waals surface area contributed by atoms with Gasteiger partial charge in [-0.1, -0.05) is 24.3 Å². The number of nitrogens with one attached hydrogen (secondary N) is 2. The van der Waals surface area contributed by atoms with Gasteiger partial charge in [0, 0.05) is 28.9 Å². The lowest BCUT2D eigenvalue weighted by atomic mass is 9.90. The second-order valence-corrected chi connectivity index (χ2v) is 9.50. The Bertz CT molecular complexity index is 1470. The number of nitro benzene ring substituents is 1.